The molecule has 0 spiro atoms. The molecule has 0 radical (unpaired) electrons. The highest BCUT2D eigenvalue weighted by Crippen LogP contribution is 2.32. The van der Waals surface area contributed by atoms with Crippen LogP contribution in [-0.4, -0.2) is 61.6 Å². The molecule has 0 unspecified atom stereocenters. The first-order valence-electron chi connectivity index (χ1n) is 10.1. The molecule has 1 atom stereocenters. The molecule has 2 fully saturated rings. The molecule has 1 aromatic carbocycles. The van der Waals surface area contributed by atoms with Gasteiger partial charge in [0.25, 0.3) is 5.91 Å². The van der Waals surface area contributed by atoms with E-state index in [-0.39, 0.29) is 36.1 Å². The SMILES string of the molecule is CC(C)(C)CN(C1CC1)[C@H](CN)C(=O)Nc1ccc(N2CCOCC2=O)c(F)c1. The van der Waals surface area contributed by atoms with Crippen LogP contribution in [-0.2, 0) is 14.3 Å². The van der Waals surface area contributed by atoms with Crippen LogP contribution in [0.2, 0.25) is 0 Å². The van der Waals surface area contributed by atoms with Gasteiger partial charge in [-0.1, -0.05) is 20.8 Å². The Kier molecular flexibility index (Phi) is 6.55. The van der Waals surface area contributed by atoms with Gasteiger partial charge in [-0.2, -0.15) is 0 Å². The quantitative estimate of drug-likeness (QED) is 0.723. The van der Waals surface area contributed by atoms with Crippen LogP contribution in [0.3, 0.4) is 0 Å². The predicted octanol–water partition coefficient (Wildman–Crippen LogP) is 1.97. The van der Waals surface area contributed by atoms with Crippen LogP contribution in [0.15, 0.2) is 18.2 Å². The molecular formula is C21H31FN4O3. The monoisotopic (exact) mass is 406 g/mol. The van der Waals surface area contributed by atoms with Crippen LogP contribution in [0.5, 0.6) is 0 Å². The molecule has 1 saturated heterocycles. The summed E-state index contributed by atoms with van der Waals surface area (Å²) in [7, 11) is 0. The zero-order valence-electron chi connectivity index (χ0n) is 17.4. The second kappa shape index (κ2) is 8.77. The van der Waals surface area contributed by atoms with Crippen molar-refractivity contribution in [2.75, 3.05) is 43.1 Å². The number of rotatable bonds is 7. The van der Waals surface area contributed by atoms with Gasteiger partial charge in [-0.05, 0) is 36.5 Å². The molecule has 160 valence electrons. The lowest BCUT2D eigenvalue weighted by molar-refractivity contribution is -0.125. The zero-order chi connectivity index (χ0) is 21.2. The highest BCUT2D eigenvalue weighted by Gasteiger charge is 2.38. The van der Waals surface area contributed by atoms with E-state index in [1.165, 1.54) is 17.0 Å². The van der Waals surface area contributed by atoms with Crippen LogP contribution >= 0.6 is 0 Å². The number of hydrogen-bond acceptors (Lipinski definition) is 5. The lowest BCUT2D eigenvalue weighted by Crippen LogP contribution is -2.52. The summed E-state index contributed by atoms with van der Waals surface area (Å²) in [5.74, 6) is -1.08. The Balaban J connectivity index is 1.71. The summed E-state index contributed by atoms with van der Waals surface area (Å²) in [4.78, 5) is 28.4. The van der Waals surface area contributed by atoms with Crippen molar-refractivity contribution >= 4 is 23.2 Å². The van der Waals surface area contributed by atoms with Gasteiger partial charge in [-0.15, -0.1) is 0 Å². The molecular weight excluding hydrogens is 375 g/mol. The third kappa shape index (κ3) is 5.52. The number of nitrogens with zero attached hydrogens (tertiary/aromatic N) is 2. The van der Waals surface area contributed by atoms with E-state index in [9.17, 15) is 14.0 Å². The van der Waals surface area contributed by atoms with E-state index in [4.69, 9.17) is 10.5 Å². The van der Waals surface area contributed by atoms with Crippen molar-refractivity contribution in [3.8, 4) is 0 Å². The minimum atomic E-state index is -0.559. The number of ether oxygens (including phenoxy) is 1. The maximum absolute atomic E-state index is 14.6. The summed E-state index contributed by atoms with van der Waals surface area (Å²) in [6.45, 7) is 7.98. The van der Waals surface area contributed by atoms with Crippen molar-refractivity contribution in [2.45, 2.75) is 45.7 Å². The average molecular weight is 407 g/mol. The Morgan fingerprint density at radius 3 is 2.69 bits per heavy atom. The number of halogens is 1. The fourth-order valence-corrected chi connectivity index (χ4v) is 3.64. The number of anilines is 2. The molecule has 7 nitrogen and oxygen atoms in total. The minimum Gasteiger partial charge on any atom is -0.370 e. The van der Waals surface area contributed by atoms with Gasteiger partial charge in [-0.3, -0.25) is 14.5 Å². The first-order chi connectivity index (χ1) is 13.7. The highest BCUT2D eigenvalue weighted by atomic mass is 19.1. The van der Waals surface area contributed by atoms with E-state index >= 15 is 0 Å². The zero-order valence-corrected chi connectivity index (χ0v) is 17.4. The number of hydrogen-bond donors (Lipinski definition) is 2. The number of benzene rings is 1. The third-order valence-corrected chi connectivity index (χ3v) is 5.09. The van der Waals surface area contributed by atoms with Crippen LogP contribution in [0.1, 0.15) is 33.6 Å². The Morgan fingerprint density at radius 1 is 1.41 bits per heavy atom. The van der Waals surface area contributed by atoms with E-state index < -0.39 is 11.9 Å². The van der Waals surface area contributed by atoms with Gasteiger partial charge in [0.2, 0.25) is 5.91 Å². The predicted molar refractivity (Wildman–Crippen MR) is 110 cm³/mol. The number of nitrogens with two attached hydrogens (primary N) is 1. The molecule has 0 aromatic heterocycles. The van der Waals surface area contributed by atoms with Crippen molar-refractivity contribution in [3.05, 3.63) is 24.0 Å². The molecule has 1 heterocycles. The average Bonchev–Trinajstić information content (AvgIpc) is 3.46. The number of carbonyl (C=O) groups excluding carboxylic acids is 2. The molecule has 1 aliphatic heterocycles. The van der Waals surface area contributed by atoms with Gasteiger partial charge in [-0.25, -0.2) is 4.39 Å². The van der Waals surface area contributed by atoms with Gasteiger partial charge >= 0.3 is 0 Å². The summed E-state index contributed by atoms with van der Waals surface area (Å²) >= 11 is 0. The smallest absolute Gasteiger partial charge is 0.253 e. The van der Waals surface area contributed by atoms with E-state index in [0.29, 0.717) is 24.9 Å². The molecule has 1 saturated carbocycles. The van der Waals surface area contributed by atoms with Crippen molar-refractivity contribution in [1.82, 2.24) is 4.90 Å². The maximum atomic E-state index is 14.6. The molecule has 8 heteroatoms. The Morgan fingerprint density at radius 2 is 2.14 bits per heavy atom. The lowest BCUT2D eigenvalue weighted by Gasteiger charge is -2.35. The highest BCUT2D eigenvalue weighted by molar-refractivity contribution is 5.97. The fraction of sp³-hybridized carbons (Fsp3) is 0.619. The van der Waals surface area contributed by atoms with Crippen LogP contribution in [0.25, 0.3) is 0 Å². The Hall–Kier alpha value is -2.03. The summed E-state index contributed by atoms with van der Waals surface area (Å²) in [6.07, 6.45) is 2.13. The van der Waals surface area contributed by atoms with Crippen molar-refractivity contribution in [3.63, 3.8) is 0 Å². The number of nitrogens with one attached hydrogen (secondary N) is 1. The first kappa shape index (κ1) is 21.7. The molecule has 1 aromatic rings. The summed E-state index contributed by atoms with van der Waals surface area (Å²) in [5, 5.41) is 2.80. The first-order valence-corrected chi connectivity index (χ1v) is 10.1. The second-order valence-corrected chi connectivity index (χ2v) is 8.97. The number of amides is 2. The topological polar surface area (TPSA) is 87.9 Å². The fourth-order valence-electron chi connectivity index (χ4n) is 3.64. The number of morpholine rings is 1. The molecule has 2 amide bonds. The third-order valence-electron chi connectivity index (χ3n) is 5.09. The van der Waals surface area contributed by atoms with Gasteiger partial charge in [0, 0.05) is 31.4 Å². The van der Waals surface area contributed by atoms with E-state index in [1.807, 2.05) is 0 Å². The molecule has 1 aliphatic carbocycles. The Bertz CT molecular complexity index is 761. The van der Waals surface area contributed by atoms with Gasteiger partial charge < -0.3 is 20.7 Å². The summed E-state index contributed by atoms with van der Waals surface area (Å²) < 4.78 is 19.7. The lowest BCUT2D eigenvalue weighted by atomic mass is 9.95. The maximum Gasteiger partial charge on any atom is 0.253 e. The molecule has 0 bridgehead atoms. The van der Waals surface area contributed by atoms with Crippen LogP contribution < -0.4 is 16.0 Å². The molecule has 3 rings (SSSR count). The van der Waals surface area contributed by atoms with Crippen molar-refractivity contribution in [1.29, 1.82) is 0 Å². The standard InChI is InChI=1S/C21H31FN4O3/c1-21(2,3)13-26(15-5-6-15)18(11-23)20(28)24-14-4-7-17(16(22)10-14)25-8-9-29-12-19(25)27/h4,7,10,15,18H,5-6,8-9,11-13,23H2,1-3H3,(H,24,28)/t18-/m1/s1. The van der Waals surface area contributed by atoms with Crippen LogP contribution in [0, 0.1) is 11.2 Å². The van der Waals surface area contributed by atoms with Gasteiger partial charge in [0.15, 0.2) is 0 Å². The Labute approximate surface area is 171 Å². The summed E-state index contributed by atoms with van der Waals surface area (Å²) in [5.41, 5.74) is 6.53. The van der Waals surface area contributed by atoms with Crippen LogP contribution in [0.4, 0.5) is 15.8 Å². The van der Waals surface area contributed by atoms with E-state index in [2.05, 4.69) is 31.0 Å². The van der Waals surface area contributed by atoms with Gasteiger partial charge in [0.1, 0.15) is 18.5 Å². The molecule has 29 heavy (non-hydrogen) atoms. The normalized spacial score (nSPS) is 18.8. The van der Waals surface area contributed by atoms with Crippen molar-refractivity contribution in [2.24, 2.45) is 11.1 Å². The number of carbonyl (C=O) groups is 2. The minimum absolute atomic E-state index is 0.0364. The van der Waals surface area contributed by atoms with Gasteiger partial charge in [0.05, 0.1) is 12.3 Å². The second-order valence-electron chi connectivity index (χ2n) is 8.97. The molecule has 3 N–H and O–H groups in total. The van der Waals surface area contributed by atoms with Crippen molar-refractivity contribution < 1.29 is 18.7 Å². The molecule has 2 aliphatic rings. The largest absolute Gasteiger partial charge is 0.370 e. The summed E-state index contributed by atoms with van der Waals surface area (Å²) in [6, 6.07) is 4.27. The van der Waals surface area contributed by atoms with E-state index in [0.717, 1.165) is 19.4 Å². The van der Waals surface area contributed by atoms with E-state index in [1.54, 1.807) is 6.07 Å².